The van der Waals surface area contributed by atoms with Gasteiger partial charge in [-0.1, -0.05) is 6.07 Å². The Morgan fingerprint density at radius 2 is 2.04 bits per heavy atom. The van der Waals surface area contributed by atoms with Gasteiger partial charge in [-0.2, -0.15) is 0 Å². The minimum Gasteiger partial charge on any atom is -0.378 e. The van der Waals surface area contributed by atoms with Crippen LogP contribution < -0.4 is 4.90 Å². The molecule has 24 heavy (non-hydrogen) atoms. The predicted octanol–water partition coefficient (Wildman–Crippen LogP) is 1.70. The van der Waals surface area contributed by atoms with E-state index < -0.39 is 5.82 Å². The van der Waals surface area contributed by atoms with Gasteiger partial charge in [0.1, 0.15) is 0 Å². The zero-order valence-electron chi connectivity index (χ0n) is 13.3. The molecular weight excluding hydrogens is 311 g/mol. The summed E-state index contributed by atoms with van der Waals surface area (Å²) in [4.78, 5) is 24.1. The highest BCUT2D eigenvalue weighted by Gasteiger charge is 2.25. The van der Waals surface area contributed by atoms with Gasteiger partial charge in [0.25, 0.3) is 5.91 Å². The lowest BCUT2D eigenvalue weighted by Gasteiger charge is -2.28. The fourth-order valence-corrected chi connectivity index (χ4v) is 3.10. The van der Waals surface area contributed by atoms with Crippen molar-refractivity contribution in [3.8, 4) is 11.4 Å². The fraction of sp³-hybridized carbons (Fsp3) is 0.353. The van der Waals surface area contributed by atoms with Crippen molar-refractivity contribution >= 4 is 11.7 Å². The van der Waals surface area contributed by atoms with Crippen LogP contribution in [0.25, 0.3) is 11.4 Å². The molecule has 1 fully saturated rings. The van der Waals surface area contributed by atoms with Gasteiger partial charge in [-0.15, -0.1) is 0 Å². The number of amides is 1. The van der Waals surface area contributed by atoms with E-state index in [0.717, 1.165) is 11.1 Å². The number of carbonyl (C=O) groups is 1. The van der Waals surface area contributed by atoms with E-state index in [1.807, 2.05) is 17.0 Å². The standard InChI is InChI=1S/C17H17FN4O2/c1-21-10-12-8-11(2-3-13(12)17(21)23)15-19-9-14(18)16(20-15)22-4-6-24-7-5-22/h2-3,8-9H,4-7,10H2,1H3. The lowest BCUT2D eigenvalue weighted by molar-refractivity contribution is 0.0816. The van der Waals surface area contributed by atoms with E-state index in [0.29, 0.717) is 50.1 Å². The molecule has 124 valence electrons. The first-order valence-corrected chi connectivity index (χ1v) is 7.87. The Morgan fingerprint density at radius 1 is 1.25 bits per heavy atom. The topological polar surface area (TPSA) is 58.6 Å². The van der Waals surface area contributed by atoms with Crippen molar-refractivity contribution in [1.82, 2.24) is 14.9 Å². The Balaban J connectivity index is 1.70. The van der Waals surface area contributed by atoms with Crippen LogP contribution in [0.3, 0.4) is 0 Å². The normalized spacial score (nSPS) is 17.3. The molecule has 2 aromatic rings. The van der Waals surface area contributed by atoms with Gasteiger partial charge in [-0.3, -0.25) is 4.79 Å². The molecule has 0 atom stereocenters. The summed E-state index contributed by atoms with van der Waals surface area (Å²) in [7, 11) is 1.77. The van der Waals surface area contributed by atoms with E-state index >= 15 is 0 Å². The summed E-state index contributed by atoms with van der Waals surface area (Å²) in [5.41, 5.74) is 2.43. The van der Waals surface area contributed by atoms with E-state index in [4.69, 9.17) is 4.74 Å². The molecule has 1 saturated heterocycles. The van der Waals surface area contributed by atoms with Gasteiger partial charge in [-0.05, 0) is 17.7 Å². The first-order chi connectivity index (χ1) is 11.6. The monoisotopic (exact) mass is 328 g/mol. The van der Waals surface area contributed by atoms with Crippen molar-refractivity contribution in [2.24, 2.45) is 0 Å². The third-order valence-electron chi connectivity index (χ3n) is 4.38. The van der Waals surface area contributed by atoms with Crippen LogP contribution in [0.15, 0.2) is 24.4 Å². The summed E-state index contributed by atoms with van der Waals surface area (Å²) in [6.45, 7) is 2.91. The van der Waals surface area contributed by atoms with Crippen LogP contribution in [0.2, 0.25) is 0 Å². The average Bonchev–Trinajstić information content (AvgIpc) is 2.90. The SMILES string of the molecule is CN1Cc2cc(-c3ncc(F)c(N4CCOCC4)n3)ccc2C1=O. The van der Waals surface area contributed by atoms with Crippen LogP contribution >= 0.6 is 0 Å². The number of carbonyl (C=O) groups excluding carboxylic acids is 1. The highest BCUT2D eigenvalue weighted by molar-refractivity contribution is 5.98. The van der Waals surface area contributed by atoms with E-state index in [9.17, 15) is 9.18 Å². The molecule has 0 radical (unpaired) electrons. The summed E-state index contributed by atoms with van der Waals surface area (Å²) in [6.07, 6.45) is 1.21. The van der Waals surface area contributed by atoms with Crippen LogP contribution in [0.5, 0.6) is 0 Å². The number of aromatic nitrogens is 2. The molecule has 0 saturated carbocycles. The molecule has 7 heteroatoms. The fourth-order valence-electron chi connectivity index (χ4n) is 3.10. The third-order valence-corrected chi connectivity index (χ3v) is 4.38. The molecule has 2 aliphatic heterocycles. The number of halogens is 1. The molecular formula is C17H17FN4O2. The van der Waals surface area contributed by atoms with Crippen molar-refractivity contribution in [2.45, 2.75) is 6.54 Å². The first-order valence-electron chi connectivity index (χ1n) is 7.87. The molecule has 1 amide bonds. The summed E-state index contributed by atoms with van der Waals surface area (Å²) in [6, 6.07) is 5.51. The highest BCUT2D eigenvalue weighted by Crippen LogP contribution is 2.27. The van der Waals surface area contributed by atoms with E-state index in [1.165, 1.54) is 6.20 Å². The first kappa shape index (κ1) is 15.0. The Hall–Kier alpha value is -2.54. The number of anilines is 1. The van der Waals surface area contributed by atoms with Crippen molar-refractivity contribution < 1.29 is 13.9 Å². The second-order valence-corrected chi connectivity index (χ2v) is 6.00. The Bertz CT molecular complexity index is 805. The zero-order chi connectivity index (χ0) is 16.7. The molecule has 0 spiro atoms. The van der Waals surface area contributed by atoms with Crippen LogP contribution in [-0.2, 0) is 11.3 Å². The zero-order valence-corrected chi connectivity index (χ0v) is 13.3. The molecule has 2 aliphatic rings. The summed E-state index contributed by atoms with van der Waals surface area (Å²) in [5.74, 6) is 0.349. The van der Waals surface area contributed by atoms with Gasteiger partial charge in [-0.25, -0.2) is 14.4 Å². The van der Waals surface area contributed by atoms with E-state index in [2.05, 4.69) is 9.97 Å². The molecule has 6 nitrogen and oxygen atoms in total. The lowest BCUT2D eigenvalue weighted by Crippen LogP contribution is -2.37. The molecule has 0 bridgehead atoms. The van der Waals surface area contributed by atoms with Crippen molar-refractivity contribution in [1.29, 1.82) is 0 Å². The molecule has 0 unspecified atom stereocenters. The maximum atomic E-state index is 14.1. The number of hydrogen-bond acceptors (Lipinski definition) is 5. The Labute approximate surface area is 138 Å². The molecule has 0 N–H and O–H groups in total. The van der Waals surface area contributed by atoms with Gasteiger partial charge in [0.2, 0.25) is 0 Å². The van der Waals surface area contributed by atoms with Crippen LogP contribution in [0.1, 0.15) is 15.9 Å². The molecule has 3 heterocycles. The molecule has 1 aromatic carbocycles. The maximum absolute atomic E-state index is 14.1. The van der Waals surface area contributed by atoms with E-state index in [1.54, 1.807) is 18.0 Å². The largest absolute Gasteiger partial charge is 0.378 e. The minimum absolute atomic E-state index is 0.0191. The molecule has 1 aromatic heterocycles. The van der Waals surface area contributed by atoms with Gasteiger partial charge < -0.3 is 14.5 Å². The second-order valence-electron chi connectivity index (χ2n) is 6.00. The lowest BCUT2D eigenvalue weighted by atomic mass is 10.1. The smallest absolute Gasteiger partial charge is 0.254 e. The quantitative estimate of drug-likeness (QED) is 0.840. The number of benzene rings is 1. The maximum Gasteiger partial charge on any atom is 0.254 e. The molecule has 4 rings (SSSR count). The second kappa shape index (κ2) is 5.83. The average molecular weight is 328 g/mol. The third kappa shape index (κ3) is 2.50. The number of ether oxygens (including phenoxy) is 1. The number of morpholine rings is 1. The van der Waals surface area contributed by atoms with Gasteiger partial charge in [0, 0.05) is 37.8 Å². The summed E-state index contributed by atoms with van der Waals surface area (Å²) < 4.78 is 19.4. The van der Waals surface area contributed by atoms with Crippen molar-refractivity contribution in [2.75, 3.05) is 38.3 Å². The number of hydrogen-bond donors (Lipinski definition) is 0. The number of fused-ring (bicyclic) bond motifs is 1. The summed E-state index contributed by atoms with van der Waals surface area (Å²) >= 11 is 0. The van der Waals surface area contributed by atoms with Gasteiger partial charge >= 0.3 is 0 Å². The summed E-state index contributed by atoms with van der Waals surface area (Å²) in [5, 5.41) is 0. The Morgan fingerprint density at radius 3 is 2.83 bits per heavy atom. The van der Waals surface area contributed by atoms with Crippen LogP contribution in [-0.4, -0.2) is 54.1 Å². The number of rotatable bonds is 2. The Kier molecular flexibility index (Phi) is 3.65. The van der Waals surface area contributed by atoms with E-state index in [-0.39, 0.29) is 5.91 Å². The van der Waals surface area contributed by atoms with Gasteiger partial charge in [0.15, 0.2) is 17.5 Å². The molecule has 0 aliphatic carbocycles. The predicted molar refractivity (Wildman–Crippen MR) is 86.3 cm³/mol. The minimum atomic E-state index is -0.434. The van der Waals surface area contributed by atoms with Gasteiger partial charge in [0.05, 0.1) is 19.4 Å². The highest BCUT2D eigenvalue weighted by atomic mass is 19.1. The van der Waals surface area contributed by atoms with Crippen molar-refractivity contribution in [3.63, 3.8) is 0 Å². The number of nitrogens with zero attached hydrogens (tertiary/aromatic N) is 4. The van der Waals surface area contributed by atoms with Crippen LogP contribution in [0, 0.1) is 5.82 Å². The van der Waals surface area contributed by atoms with Crippen molar-refractivity contribution in [3.05, 3.63) is 41.3 Å². The van der Waals surface area contributed by atoms with Crippen LogP contribution in [0.4, 0.5) is 10.2 Å².